The fourth-order valence-electron chi connectivity index (χ4n) is 2.11. The number of nitro benzene ring substituents is 1. The first kappa shape index (κ1) is 20.9. The largest absolute Gasteiger partial charge is 0.467 e. The van der Waals surface area contributed by atoms with Crippen molar-refractivity contribution in [3.05, 3.63) is 33.9 Å². The van der Waals surface area contributed by atoms with Crippen molar-refractivity contribution in [3.63, 3.8) is 0 Å². The van der Waals surface area contributed by atoms with E-state index < -0.39 is 41.1 Å². The lowest BCUT2D eigenvalue weighted by Gasteiger charge is -2.18. The molecule has 1 aromatic rings. The number of amides is 1. The van der Waals surface area contributed by atoms with E-state index in [1.54, 1.807) is 0 Å². The van der Waals surface area contributed by atoms with Crippen LogP contribution in [0.4, 0.5) is 11.4 Å². The average molecular weight is 367 g/mol. The first-order chi connectivity index (χ1) is 12.1. The number of carbonyl (C=O) groups is 3. The van der Waals surface area contributed by atoms with E-state index in [0.29, 0.717) is 6.42 Å². The number of nitrogens with one attached hydrogen (secondary N) is 1. The lowest BCUT2D eigenvalue weighted by Crippen LogP contribution is -2.44. The number of benzene rings is 1. The van der Waals surface area contributed by atoms with E-state index in [9.17, 15) is 24.5 Å². The summed E-state index contributed by atoms with van der Waals surface area (Å²) in [5.74, 6) is -2.11. The maximum absolute atomic E-state index is 11.9. The van der Waals surface area contributed by atoms with Gasteiger partial charge in [0, 0.05) is 6.07 Å². The van der Waals surface area contributed by atoms with E-state index >= 15 is 0 Å². The number of methoxy groups -OCH3 is 1. The van der Waals surface area contributed by atoms with Crippen LogP contribution in [0.2, 0.25) is 0 Å². The van der Waals surface area contributed by atoms with Crippen molar-refractivity contribution in [1.82, 2.24) is 5.32 Å². The van der Waals surface area contributed by atoms with Gasteiger partial charge < -0.3 is 20.5 Å². The Hall–Kier alpha value is -3.17. The van der Waals surface area contributed by atoms with Gasteiger partial charge in [0.25, 0.3) is 11.6 Å². The molecule has 0 aliphatic rings. The predicted octanol–water partition coefficient (Wildman–Crippen LogP) is 1.04. The molecule has 1 amide bonds. The normalized spacial score (nSPS) is 11.5. The summed E-state index contributed by atoms with van der Waals surface area (Å²) in [4.78, 5) is 45.6. The third-order valence-electron chi connectivity index (χ3n) is 3.33. The fourth-order valence-corrected chi connectivity index (χ4v) is 2.11. The van der Waals surface area contributed by atoms with Crippen molar-refractivity contribution >= 4 is 29.2 Å². The van der Waals surface area contributed by atoms with Gasteiger partial charge in [-0.1, -0.05) is 13.8 Å². The number of nitrogens with zero attached hydrogens (tertiary/aromatic N) is 1. The molecule has 0 spiro atoms. The van der Waals surface area contributed by atoms with Crippen LogP contribution >= 0.6 is 0 Å². The van der Waals surface area contributed by atoms with Crippen LogP contribution in [0.1, 0.15) is 30.6 Å². The summed E-state index contributed by atoms with van der Waals surface area (Å²) >= 11 is 0. The number of ether oxygens (including phenoxy) is 2. The molecule has 0 bridgehead atoms. The van der Waals surface area contributed by atoms with Gasteiger partial charge in [-0.3, -0.25) is 14.9 Å². The number of nitrogens with two attached hydrogens (primary N) is 1. The molecule has 26 heavy (non-hydrogen) atoms. The van der Waals surface area contributed by atoms with E-state index in [4.69, 9.17) is 10.5 Å². The smallest absolute Gasteiger partial charge is 0.338 e. The number of carbonyl (C=O) groups excluding carboxylic acids is 3. The van der Waals surface area contributed by atoms with Gasteiger partial charge in [-0.25, -0.2) is 9.59 Å². The van der Waals surface area contributed by atoms with Crippen LogP contribution in [0, 0.1) is 16.0 Å². The third kappa shape index (κ3) is 6.04. The third-order valence-corrected chi connectivity index (χ3v) is 3.33. The molecule has 0 aromatic heterocycles. The standard InChI is InChI=1S/C16H21N3O7/c1-9(2)6-12(16(22)25-3)18-14(20)8-26-15(21)10-4-5-11(17)13(7-10)19(23)24/h4-5,7,9,12H,6,8,17H2,1-3H3,(H,18,20). The minimum absolute atomic E-state index is 0.0982. The number of nitro groups is 1. The Labute approximate surface area is 149 Å². The minimum Gasteiger partial charge on any atom is -0.467 e. The fraction of sp³-hybridized carbons (Fsp3) is 0.438. The number of hydrogen-bond acceptors (Lipinski definition) is 8. The molecule has 1 unspecified atom stereocenters. The van der Waals surface area contributed by atoms with Gasteiger partial charge in [-0.2, -0.15) is 0 Å². The van der Waals surface area contributed by atoms with Crippen LogP contribution < -0.4 is 11.1 Å². The highest BCUT2D eigenvalue weighted by Gasteiger charge is 2.23. The lowest BCUT2D eigenvalue weighted by molar-refractivity contribution is -0.383. The minimum atomic E-state index is -0.929. The second-order valence-electron chi connectivity index (χ2n) is 5.88. The van der Waals surface area contributed by atoms with E-state index in [0.717, 1.165) is 6.07 Å². The summed E-state index contributed by atoms with van der Waals surface area (Å²) in [5.41, 5.74) is 4.79. The zero-order valence-corrected chi connectivity index (χ0v) is 14.7. The molecule has 3 N–H and O–H groups in total. The van der Waals surface area contributed by atoms with Crippen LogP contribution in [0.25, 0.3) is 0 Å². The van der Waals surface area contributed by atoms with Crippen molar-refractivity contribution in [2.24, 2.45) is 5.92 Å². The molecule has 0 aliphatic carbocycles. The highest BCUT2D eigenvalue weighted by atomic mass is 16.6. The van der Waals surface area contributed by atoms with Crippen LogP contribution in [0.5, 0.6) is 0 Å². The van der Waals surface area contributed by atoms with Crippen LogP contribution in [-0.4, -0.2) is 42.5 Å². The van der Waals surface area contributed by atoms with Crippen molar-refractivity contribution in [2.45, 2.75) is 26.3 Å². The highest BCUT2D eigenvalue weighted by Crippen LogP contribution is 2.22. The Kier molecular flexibility index (Phi) is 7.51. The van der Waals surface area contributed by atoms with Gasteiger partial charge in [0.15, 0.2) is 6.61 Å². The zero-order valence-electron chi connectivity index (χ0n) is 14.7. The molecule has 0 fully saturated rings. The second kappa shape index (κ2) is 9.35. The average Bonchev–Trinajstić information content (AvgIpc) is 2.58. The molecule has 0 saturated carbocycles. The van der Waals surface area contributed by atoms with E-state index in [-0.39, 0.29) is 17.2 Å². The number of nitrogen functional groups attached to an aromatic ring is 1. The maximum Gasteiger partial charge on any atom is 0.338 e. The van der Waals surface area contributed by atoms with Crippen LogP contribution in [0.15, 0.2) is 18.2 Å². The quantitative estimate of drug-likeness (QED) is 0.299. The first-order valence-electron chi connectivity index (χ1n) is 7.74. The summed E-state index contributed by atoms with van der Waals surface area (Å²) < 4.78 is 9.44. The van der Waals surface area contributed by atoms with Crippen molar-refractivity contribution in [2.75, 3.05) is 19.5 Å². The van der Waals surface area contributed by atoms with Gasteiger partial charge in [0.05, 0.1) is 17.6 Å². The summed E-state index contributed by atoms with van der Waals surface area (Å²) in [6.07, 6.45) is 0.358. The number of hydrogen-bond donors (Lipinski definition) is 2. The van der Waals surface area contributed by atoms with Crippen molar-refractivity contribution < 1.29 is 28.8 Å². The first-order valence-corrected chi connectivity index (χ1v) is 7.74. The SMILES string of the molecule is COC(=O)C(CC(C)C)NC(=O)COC(=O)c1ccc(N)c([N+](=O)[O-])c1. The maximum atomic E-state index is 11.9. The molecule has 10 heteroatoms. The van der Waals surface area contributed by atoms with E-state index in [2.05, 4.69) is 10.1 Å². The summed E-state index contributed by atoms with van der Waals surface area (Å²) in [6.45, 7) is 3.09. The molecular formula is C16H21N3O7. The molecule has 0 saturated heterocycles. The molecule has 142 valence electrons. The van der Waals surface area contributed by atoms with Gasteiger partial charge in [0.2, 0.25) is 0 Å². The lowest BCUT2D eigenvalue weighted by atomic mass is 10.0. The molecule has 0 radical (unpaired) electrons. The van der Waals surface area contributed by atoms with Crippen LogP contribution in [-0.2, 0) is 19.1 Å². The topological polar surface area (TPSA) is 151 Å². The number of anilines is 1. The Morgan fingerprint density at radius 2 is 1.96 bits per heavy atom. The summed E-state index contributed by atoms with van der Waals surface area (Å²) in [6, 6.07) is 2.55. The van der Waals surface area contributed by atoms with E-state index in [1.165, 1.54) is 19.2 Å². The van der Waals surface area contributed by atoms with Gasteiger partial charge in [0.1, 0.15) is 11.7 Å². The van der Waals surface area contributed by atoms with Crippen molar-refractivity contribution in [1.29, 1.82) is 0 Å². The van der Waals surface area contributed by atoms with E-state index in [1.807, 2.05) is 13.8 Å². The number of rotatable bonds is 8. The highest BCUT2D eigenvalue weighted by molar-refractivity contribution is 5.93. The van der Waals surface area contributed by atoms with Gasteiger partial charge >= 0.3 is 11.9 Å². The molecule has 1 atom stereocenters. The Balaban J connectivity index is 2.68. The van der Waals surface area contributed by atoms with Gasteiger partial charge in [-0.05, 0) is 24.5 Å². The van der Waals surface area contributed by atoms with Gasteiger partial charge in [-0.15, -0.1) is 0 Å². The molecule has 0 aliphatic heterocycles. The second-order valence-corrected chi connectivity index (χ2v) is 5.88. The Morgan fingerprint density at radius 3 is 2.50 bits per heavy atom. The van der Waals surface area contributed by atoms with Crippen molar-refractivity contribution in [3.8, 4) is 0 Å². The molecule has 0 heterocycles. The summed E-state index contributed by atoms with van der Waals surface area (Å²) in [5, 5.41) is 13.3. The zero-order chi connectivity index (χ0) is 19.9. The predicted molar refractivity (Wildman–Crippen MR) is 91.2 cm³/mol. The van der Waals surface area contributed by atoms with Crippen LogP contribution in [0.3, 0.4) is 0 Å². The monoisotopic (exact) mass is 367 g/mol. The molecule has 10 nitrogen and oxygen atoms in total. The molecular weight excluding hydrogens is 346 g/mol. The number of esters is 2. The molecule has 1 rings (SSSR count). The summed E-state index contributed by atoms with van der Waals surface area (Å²) in [7, 11) is 1.20. The molecule has 1 aromatic carbocycles. The Bertz CT molecular complexity index is 703. The Morgan fingerprint density at radius 1 is 1.31 bits per heavy atom.